The summed E-state index contributed by atoms with van der Waals surface area (Å²) in [5.74, 6) is -0.277. The number of aryl methyl sites for hydroxylation is 1. The highest BCUT2D eigenvalue weighted by molar-refractivity contribution is 7.99. The van der Waals surface area contributed by atoms with Gasteiger partial charge in [-0.3, -0.25) is 4.79 Å². The van der Waals surface area contributed by atoms with Crippen molar-refractivity contribution in [3.05, 3.63) is 11.2 Å². The molecule has 0 spiro atoms. The van der Waals surface area contributed by atoms with Gasteiger partial charge in [-0.2, -0.15) is 0 Å². The van der Waals surface area contributed by atoms with Crippen LogP contribution >= 0.6 is 23.1 Å². The second-order valence-corrected chi connectivity index (χ2v) is 4.75. The second kappa shape index (κ2) is 4.62. The van der Waals surface area contributed by atoms with Gasteiger partial charge in [-0.25, -0.2) is 4.98 Å². The molecule has 0 radical (unpaired) electrons. The summed E-state index contributed by atoms with van der Waals surface area (Å²) in [7, 11) is 0. The SMILES string of the molecule is Cc1ncsc1-c1nnc(SCC(=O)O)[nH]1. The third kappa shape index (κ3) is 2.39. The normalized spacial score (nSPS) is 10.6. The molecular formula is C8H8N4O2S2. The van der Waals surface area contributed by atoms with Gasteiger partial charge in [0.15, 0.2) is 11.0 Å². The summed E-state index contributed by atoms with van der Waals surface area (Å²) in [6, 6.07) is 0. The van der Waals surface area contributed by atoms with Crippen molar-refractivity contribution in [2.24, 2.45) is 0 Å². The van der Waals surface area contributed by atoms with Crippen LogP contribution in [0.4, 0.5) is 0 Å². The van der Waals surface area contributed by atoms with E-state index in [0.717, 1.165) is 22.3 Å². The number of aliphatic carboxylic acids is 1. The fourth-order valence-electron chi connectivity index (χ4n) is 1.07. The van der Waals surface area contributed by atoms with E-state index in [1.807, 2.05) is 6.92 Å². The Kier molecular flexibility index (Phi) is 3.20. The standard InChI is InChI=1S/C8H8N4O2S2/c1-4-6(16-3-9-4)7-10-8(12-11-7)15-2-5(13)14/h3H,2H2,1H3,(H,13,14)(H,10,11,12). The molecule has 0 amide bonds. The highest BCUT2D eigenvalue weighted by atomic mass is 32.2. The molecule has 2 N–H and O–H groups in total. The molecule has 84 valence electrons. The van der Waals surface area contributed by atoms with Gasteiger partial charge in [-0.1, -0.05) is 11.8 Å². The maximum absolute atomic E-state index is 10.4. The number of aromatic amines is 1. The Morgan fingerprint density at radius 3 is 3.06 bits per heavy atom. The van der Waals surface area contributed by atoms with Crippen molar-refractivity contribution < 1.29 is 9.90 Å². The molecule has 0 fully saturated rings. The molecule has 2 rings (SSSR count). The number of nitrogens with one attached hydrogen (secondary N) is 1. The van der Waals surface area contributed by atoms with Crippen LogP contribution in [0.1, 0.15) is 5.69 Å². The van der Waals surface area contributed by atoms with Gasteiger partial charge in [0, 0.05) is 0 Å². The van der Waals surface area contributed by atoms with E-state index >= 15 is 0 Å². The summed E-state index contributed by atoms with van der Waals surface area (Å²) in [5, 5.41) is 16.8. The van der Waals surface area contributed by atoms with Crippen LogP contribution in [0.5, 0.6) is 0 Å². The van der Waals surface area contributed by atoms with Crippen LogP contribution in [0.2, 0.25) is 0 Å². The van der Waals surface area contributed by atoms with E-state index < -0.39 is 5.97 Å². The van der Waals surface area contributed by atoms with Crippen LogP contribution in [0.25, 0.3) is 10.7 Å². The van der Waals surface area contributed by atoms with Gasteiger partial charge in [0.25, 0.3) is 0 Å². The Labute approximate surface area is 99.1 Å². The summed E-state index contributed by atoms with van der Waals surface area (Å²) < 4.78 is 0. The predicted molar refractivity (Wildman–Crippen MR) is 60.6 cm³/mol. The molecule has 0 saturated carbocycles. The molecule has 0 aliphatic rings. The lowest BCUT2D eigenvalue weighted by Crippen LogP contribution is -1.97. The molecule has 0 unspecified atom stereocenters. The number of hydrogen-bond acceptors (Lipinski definition) is 6. The number of aromatic nitrogens is 4. The molecule has 6 nitrogen and oxygen atoms in total. The molecule has 0 aliphatic heterocycles. The summed E-state index contributed by atoms with van der Waals surface area (Å²) in [5.41, 5.74) is 2.62. The second-order valence-electron chi connectivity index (χ2n) is 2.93. The number of carboxylic acids is 1. The average Bonchev–Trinajstić information content (AvgIpc) is 2.83. The van der Waals surface area contributed by atoms with E-state index in [4.69, 9.17) is 5.11 Å². The Morgan fingerprint density at radius 1 is 1.62 bits per heavy atom. The van der Waals surface area contributed by atoms with Crippen LogP contribution in [0.15, 0.2) is 10.7 Å². The molecule has 0 aliphatic carbocycles. The van der Waals surface area contributed by atoms with Crippen LogP contribution < -0.4 is 0 Å². The van der Waals surface area contributed by atoms with E-state index in [1.165, 1.54) is 11.3 Å². The van der Waals surface area contributed by atoms with E-state index in [0.29, 0.717) is 11.0 Å². The predicted octanol–water partition coefficient (Wildman–Crippen LogP) is 1.41. The quantitative estimate of drug-likeness (QED) is 0.804. The molecule has 0 atom stereocenters. The maximum atomic E-state index is 10.4. The van der Waals surface area contributed by atoms with Crippen molar-refractivity contribution in [1.29, 1.82) is 0 Å². The van der Waals surface area contributed by atoms with E-state index in [9.17, 15) is 4.79 Å². The monoisotopic (exact) mass is 256 g/mol. The number of thioether (sulfide) groups is 1. The molecule has 8 heteroatoms. The van der Waals surface area contributed by atoms with E-state index in [-0.39, 0.29) is 5.75 Å². The summed E-state index contributed by atoms with van der Waals surface area (Å²) in [4.78, 5) is 18.4. The summed E-state index contributed by atoms with van der Waals surface area (Å²) >= 11 is 2.58. The number of thiazole rings is 1. The third-order valence-corrected chi connectivity index (χ3v) is 3.54. The minimum atomic E-state index is -0.878. The number of H-pyrrole nitrogens is 1. The fraction of sp³-hybridized carbons (Fsp3) is 0.250. The largest absolute Gasteiger partial charge is 0.481 e. The van der Waals surface area contributed by atoms with Crippen molar-refractivity contribution in [1.82, 2.24) is 20.2 Å². The van der Waals surface area contributed by atoms with Crippen molar-refractivity contribution in [3.8, 4) is 10.7 Å². The number of nitrogens with zero attached hydrogens (tertiary/aromatic N) is 3. The number of carboxylic acid groups (broad SMARTS) is 1. The number of hydrogen-bond donors (Lipinski definition) is 2. The molecular weight excluding hydrogens is 248 g/mol. The lowest BCUT2D eigenvalue weighted by Gasteiger charge is -1.91. The minimum Gasteiger partial charge on any atom is -0.481 e. The molecule has 2 aromatic rings. The van der Waals surface area contributed by atoms with Crippen molar-refractivity contribution in [2.45, 2.75) is 12.1 Å². The highest BCUT2D eigenvalue weighted by Gasteiger charge is 2.11. The fourth-order valence-corrected chi connectivity index (χ4v) is 2.34. The van der Waals surface area contributed by atoms with Gasteiger partial charge in [0.1, 0.15) is 0 Å². The van der Waals surface area contributed by atoms with Crippen LogP contribution in [0.3, 0.4) is 0 Å². The van der Waals surface area contributed by atoms with Crippen molar-refractivity contribution in [3.63, 3.8) is 0 Å². The van der Waals surface area contributed by atoms with Gasteiger partial charge in [0.05, 0.1) is 21.8 Å². The Balaban J connectivity index is 2.14. The third-order valence-electron chi connectivity index (χ3n) is 1.76. The lowest BCUT2D eigenvalue weighted by atomic mass is 10.4. The Bertz CT molecular complexity index is 508. The number of rotatable bonds is 4. The number of carbonyl (C=O) groups is 1. The zero-order valence-corrected chi connectivity index (χ0v) is 9.93. The molecule has 0 aromatic carbocycles. The first kappa shape index (κ1) is 11.1. The summed E-state index contributed by atoms with van der Waals surface area (Å²) in [6.07, 6.45) is 0. The molecule has 2 aromatic heterocycles. The smallest absolute Gasteiger partial charge is 0.313 e. The van der Waals surface area contributed by atoms with E-state index in [2.05, 4.69) is 20.2 Å². The van der Waals surface area contributed by atoms with Gasteiger partial charge >= 0.3 is 5.97 Å². The first-order valence-electron chi connectivity index (χ1n) is 4.34. The highest BCUT2D eigenvalue weighted by Crippen LogP contribution is 2.25. The zero-order chi connectivity index (χ0) is 11.5. The molecule has 2 heterocycles. The first-order valence-corrected chi connectivity index (χ1v) is 6.21. The maximum Gasteiger partial charge on any atom is 0.313 e. The lowest BCUT2D eigenvalue weighted by molar-refractivity contribution is -0.133. The van der Waals surface area contributed by atoms with Crippen LogP contribution in [-0.2, 0) is 4.79 Å². The zero-order valence-electron chi connectivity index (χ0n) is 8.30. The minimum absolute atomic E-state index is 0.0314. The van der Waals surface area contributed by atoms with Crippen LogP contribution in [0, 0.1) is 6.92 Å². The van der Waals surface area contributed by atoms with E-state index in [1.54, 1.807) is 5.51 Å². The molecule has 0 saturated heterocycles. The average molecular weight is 256 g/mol. The first-order chi connectivity index (χ1) is 7.66. The Hall–Kier alpha value is -1.41. The summed E-state index contributed by atoms with van der Waals surface area (Å²) in [6.45, 7) is 1.89. The van der Waals surface area contributed by atoms with Gasteiger partial charge < -0.3 is 10.1 Å². The molecule has 0 bridgehead atoms. The van der Waals surface area contributed by atoms with Crippen molar-refractivity contribution >= 4 is 29.1 Å². The topological polar surface area (TPSA) is 91.8 Å². The van der Waals surface area contributed by atoms with Gasteiger partial charge in [-0.05, 0) is 6.92 Å². The molecule has 16 heavy (non-hydrogen) atoms. The van der Waals surface area contributed by atoms with Crippen LogP contribution in [-0.4, -0.2) is 37.0 Å². The van der Waals surface area contributed by atoms with Gasteiger partial charge in [-0.15, -0.1) is 21.5 Å². The van der Waals surface area contributed by atoms with Crippen molar-refractivity contribution in [2.75, 3.05) is 5.75 Å². The van der Waals surface area contributed by atoms with Gasteiger partial charge in [0.2, 0.25) is 0 Å². The Morgan fingerprint density at radius 2 is 2.44 bits per heavy atom.